The molecule has 3 rings (SSSR count). The van der Waals surface area contributed by atoms with E-state index in [1.54, 1.807) is 6.92 Å². The number of nitro groups is 1. The Kier molecular flexibility index (Phi) is 4.91. The van der Waals surface area contributed by atoms with Crippen LogP contribution in [0.15, 0.2) is 30.3 Å². The van der Waals surface area contributed by atoms with Crippen LogP contribution < -0.4 is 10.1 Å². The van der Waals surface area contributed by atoms with Gasteiger partial charge in [-0.05, 0) is 13.0 Å². The number of ether oxygens (including phenoxy) is 2. The van der Waals surface area contributed by atoms with Crippen molar-refractivity contribution >= 4 is 5.69 Å². The van der Waals surface area contributed by atoms with Gasteiger partial charge in [-0.25, -0.2) is 8.78 Å². The molecule has 1 heterocycles. The Bertz CT molecular complexity index is 813. The molecule has 1 aliphatic rings. The minimum absolute atomic E-state index is 0.0646. The normalized spacial score (nSPS) is 14.5. The zero-order chi connectivity index (χ0) is 18.0. The molecule has 6 nitrogen and oxygen atoms in total. The van der Waals surface area contributed by atoms with Crippen LogP contribution in [0.1, 0.15) is 29.7 Å². The fourth-order valence-electron chi connectivity index (χ4n) is 2.74. The fraction of sp³-hybridized carbons (Fsp3) is 0.294. The largest absolute Gasteiger partial charge is 0.467 e. The van der Waals surface area contributed by atoms with Crippen molar-refractivity contribution in [3.05, 3.63) is 68.8 Å². The van der Waals surface area contributed by atoms with E-state index in [9.17, 15) is 18.9 Å². The van der Waals surface area contributed by atoms with E-state index in [0.717, 1.165) is 6.07 Å². The molecular weight excluding hydrogens is 334 g/mol. The van der Waals surface area contributed by atoms with E-state index in [2.05, 4.69) is 5.32 Å². The average Bonchev–Trinajstić information content (AvgIpc) is 2.59. The van der Waals surface area contributed by atoms with Crippen molar-refractivity contribution in [1.82, 2.24) is 5.32 Å². The maximum atomic E-state index is 13.9. The molecule has 8 heteroatoms. The Balaban J connectivity index is 1.82. The number of nitro benzene ring substituents is 1. The van der Waals surface area contributed by atoms with Crippen LogP contribution in [0.2, 0.25) is 0 Å². The maximum Gasteiger partial charge on any atom is 0.270 e. The summed E-state index contributed by atoms with van der Waals surface area (Å²) in [7, 11) is 0. The van der Waals surface area contributed by atoms with Gasteiger partial charge >= 0.3 is 0 Å². The topological polar surface area (TPSA) is 73.6 Å². The van der Waals surface area contributed by atoms with Gasteiger partial charge in [-0.15, -0.1) is 0 Å². The van der Waals surface area contributed by atoms with Crippen LogP contribution in [-0.4, -0.2) is 11.7 Å². The van der Waals surface area contributed by atoms with Crippen LogP contribution in [0.5, 0.6) is 5.75 Å². The standard InChI is InChI=1S/C17H16F2N2O4/c1-10(15-3-2-13(18)6-16(15)19)20-7-11-4-14(21(22)23)5-12-8-24-9-25-17(11)12/h2-6,10,20H,7-9H2,1H3/t10-/m1/s1. The van der Waals surface area contributed by atoms with Crippen molar-refractivity contribution < 1.29 is 23.2 Å². The van der Waals surface area contributed by atoms with E-state index in [1.165, 1.54) is 24.3 Å². The van der Waals surface area contributed by atoms with Gasteiger partial charge < -0.3 is 14.8 Å². The zero-order valence-electron chi connectivity index (χ0n) is 13.4. The van der Waals surface area contributed by atoms with Gasteiger partial charge in [-0.1, -0.05) is 6.07 Å². The van der Waals surface area contributed by atoms with Crippen molar-refractivity contribution in [2.45, 2.75) is 26.1 Å². The molecule has 0 radical (unpaired) electrons. The molecule has 1 N–H and O–H groups in total. The van der Waals surface area contributed by atoms with Crippen LogP contribution in [0.25, 0.3) is 0 Å². The smallest absolute Gasteiger partial charge is 0.270 e. The van der Waals surface area contributed by atoms with E-state index in [4.69, 9.17) is 9.47 Å². The molecular formula is C17H16F2N2O4. The molecule has 0 spiro atoms. The summed E-state index contributed by atoms with van der Waals surface area (Å²) in [6, 6.07) is 5.80. The summed E-state index contributed by atoms with van der Waals surface area (Å²) in [5, 5.41) is 14.2. The molecule has 1 atom stereocenters. The quantitative estimate of drug-likeness (QED) is 0.659. The third-order valence-corrected chi connectivity index (χ3v) is 4.01. The minimum atomic E-state index is -0.647. The summed E-state index contributed by atoms with van der Waals surface area (Å²) in [6.45, 7) is 2.25. The van der Waals surface area contributed by atoms with Crippen molar-refractivity contribution in [3.8, 4) is 5.75 Å². The number of hydrogen-bond acceptors (Lipinski definition) is 5. The van der Waals surface area contributed by atoms with Crippen molar-refractivity contribution in [2.75, 3.05) is 6.79 Å². The second-order valence-corrected chi connectivity index (χ2v) is 5.73. The lowest BCUT2D eigenvalue weighted by molar-refractivity contribution is -0.385. The Labute approximate surface area is 142 Å². The molecule has 1 aliphatic heterocycles. The van der Waals surface area contributed by atoms with E-state index in [0.29, 0.717) is 22.4 Å². The number of nitrogens with zero attached hydrogens (tertiary/aromatic N) is 1. The molecule has 0 saturated heterocycles. The summed E-state index contributed by atoms with van der Waals surface area (Å²) in [6.07, 6.45) is 0. The molecule has 25 heavy (non-hydrogen) atoms. The van der Waals surface area contributed by atoms with E-state index >= 15 is 0 Å². The van der Waals surface area contributed by atoms with Gasteiger partial charge in [0.25, 0.3) is 5.69 Å². The van der Waals surface area contributed by atoms with E-state index in [1.807, 2.05) is 0 Å². The molecule has 0 bridgehead atoms. The second kappa shape index (κ2) is 7.12. The Morgan fingerprint density at radius 1 is 1.32 bits per heavy atom. The lowest BCUT2D eigenvalue weighted by Gasteiger charge is -2.22. The summed E-state index contributed by atoms with van der Waals surface area (Å²) < 4.78 is 37.5. The number of non-ortho nitro benzene ring substituents is 1. The average molecular weight is 350 g/mol. The summed E-state index contributed by atoms with van der Waals surface area (Å²) >= 11 is 0. The summed E-state index contributed by atoms with van der Waals surface area (Å²) in [5.41, 5.74) is 1.43. The fourth-order valence-corrected chi connectivity index (χ4v) is 2.74. The molecule has 0 fully saturated rings. The Morgan fingerprint density at radius 2 is 2.12 bits per heavy atom. The predicted molar refractivity (Wildman–Crippen MR) is 85.0 cm³/mol. The molecule has 2 aromatic rings. The first-order valence-corrected chi connectivity index (χ1v) is 7.64. The highest BCUT2D eigenvalue weighted by molar-refractivity contribution is 5.50. The number of halogens is 2. The third-order valence-electron chi connectivity index (χ3n) is 4.01. The van der Waals surface area contributed by atoms with Gasteiger partial charge in [0, 0.05) is 47.5 Å². The molecule has 0 saturated carbocycles. The molecule has 132 valence electrons. The van der Waals surface area contributed by atoms with Gasteiger partial charge in [0.15, 0.2) is 6.79 Å². The van der Waals surface area contributed by atoms with Crippen molar-refractivity contribution in [2.24, 2.45) is 0 Å². The van der Waals surface area contributed by atoms with E-state index in [-0.39, 0.29) is 25.6 Å². The minimum Gasteiger partial charge on any atom is -0.467 e. The maximum absolute atomic E-state index is 13.9. The first kappa shape index (κ1) is 17.2. The SMILES string of the molecule is C[C@@H](NCc1cc([N+](=O)[O-])cc2c1OCOC2)c1ccc(F)cc1F. The number of fused-ring (bicyclic) bond motifs is 1. The predicted octanol–water partition coefficient (Wildman–Crippen LogP) is 3.59. The summed E-state index contributed by atoms with van der Waals surface area (Å²) in [4.78, 5) is 10.6. The van der Waals surface area contributed by atoms with Crippen LogP contribution in [-0.2, 0) is 17.9 Å². The highest BCUT2D eigenvalue weighted by Crippen LogP contribution is 2.33. The van der Waals surface area contributed by atoms with Crippen molar-refractivity contribution in [3.63, 3.8) is 0 Å². The number of benzene rings is 2. The van der Waals surface area contributed by atoms with Gasteiger partial charge in [0.2, 0.25) is 0 Å². The Morgan fingerprint density at radius 3 is 2.84 bits per heavy atom. The van der Waals surface area contributed by atoms with Crippen LogP contribution in [0, 0.1) is 21.7 Å². The second-order valence-electron chi connectivity index (χ2n) is 5.73. The highest BCUT2D eigenvalue weighted by atomic mass is 19.1. The van der Waals surface area contributed by atoms with Crippen LogP contribution in [0.3, 0.4) is 0 Å². The molecule has 0 aliphatic carbocycles. The molecule has 0 aromatic heterocycles. The van der Waals surface area contributed by atoms with Crippen molar-refractivity contribution in [1.29, 1.82) is 0 Å². The molecule has 0 amide bonds. The molecule has 0 unspecified atom stereocenters. The third kappa shape index (κ3) is 3.75. The summed E-state index contributed by atoms with van der Waals surface area (Å²) in [5.74, 6) is -0.753. The monoisotopic (exact) mass is 350 g/mol. The highest BCUT2D eigenvalue weighted by Gasteiger charge is 2.21. The van der Waals surface area contributed by atoms with Crippen LogP contribution >= 0.6 is 0 Å². The van der Waals surface area contributed by atoms with Gasteiger partial charge in [-0.3, -0.25) is 10.1 Å². The zero-order valence-corrected chi connectivity index (χ0v) is 13.4. The lowest BCUT2D eigenvalue weighted by atomic mass is 10.0. The van der Waals surface area contributed by atoms with Gasteiger partial charge in [0.05, 0.1) is 11.5 Å². The van der Waals surface area contributed by atoms with Gasteiger partial charge in [0.1, 0.15) is 17.4 Å². The molecule has 2 aromatic carbocycles. The first-order valence-electron chi connectivity index (χ1n) is 7.64. The van der Waals surface area contributed by atoms with Gasteiger partial charge in [-0.2, -0.15) is 0 Å². The number of hydrogen-bond donors (Lipinski definition) is 1. The number of rotatable bonds is 5. The first-order chi connectivity index (χ1) is 12.0. The lowest BCUT2D eigenvalue weighted by Crippen LogP contribution is -2.21. The van der Waals surface area contributed by atoms with Crippen LogP contribution in [0.4, 0.5) is 14.5 Å². The number of nitrogens with one attached hydrogen (secondary N) is 1. The van der Waals surface area contributed by atoms with E-state index < -0.39 is 22.6 Å². The Hall–Kier alpha value is -2.58.